The number of rotatable bonds is 6. The molecule has 8 heteroatoms. The number of hydrogen-bond donors (Lipinski definition) is 1. The Balaban J connectivity index is 1.74. The van der Waals surface area contributed by atoms with Crippen molar-refractivity contribution in [1.82, 2.24) is 10.3 Å². The smallest absolute Gasteiger partial charge is 0.355 e. The Hall–Kier alpha value is -2.09. The van der Waals surface area contributed by atoms with Gasteiger partial charge < -0.3 is 5.32 Å². The number of thioether (sulfide) groups is 1. The monoisotopic (exact) mass is 358 g/mol. The molecule has 0 aliphatic rings. The number of nitrogens with one attached hydrogen (secondary N) is 1. The summed E-state index contributed by atoms with van der Waals surface area (Å²) in [5.41, 5.74) is -0.323. The number of carbonyl (C=O) groups is 1. The van der Waals surface area contributed by atoms with Gasteiger partial charge in [0.05, 0.1) is 16.3 Å². The van der Waals surface area contributed by atoms with Gasteiger partial charge in [0.1, 0.15) is 5.82 Å². The van der Waals surface area contributed by atoms with E-state index in [9.17, 15) is 22.4 Å². The van der Waals surface area contributed by atoms with Crippen LogP contribution in [-0.2, 0) is 17.4 Å². The Morgan fingerprint density at radius 1 is 1.17 bits per heavy atom. The first-order valence-corrected chi connectivity index (χ1v) is 8.01. The first-order chi connectivity index (χ1) is 11.4. The van der Waals surface area contributed by atoms with Crippen LogP contribution in [0.3, 0.4) is 0 Å². The second-order valence-corrected chi connectivity index (χ2v) is 5.86. The van der Waals surface area contributed by atoms with E-state index in [2.05, 4.69) is 10.3 Å². The van der Waals surface area contributed by atoms with E-state index in [1.165, 1.54) is 12.1 Å². The van der Waals surface area contributed by atoms with Crippen LogP contribution < -0.4 is 5.32 Å². The molecule has 1 amide bonds. The van der Waals surface area contributed by atoms with Crippen molar-refractivity contribution >= 4 is 17.7 Å². The molecule has 0 fully saturated rings. The Labute approximate surface area is 140 Å². The van der Waals surface area contributed by atoms with Crippen LogP contribution in [-0.4, -0.2) is 23.2 Å². The molecule has 128 valence electrons. The van der Waals surface area contributed by atoms with Gasteiger partial charge in [-0.1, -0.05) is 30.0 Å². The van der Waals surface area contributed by atoms with Gasteiger partial charge in [-0.3, -0.25) is 4.79 Å². The summed E-state index contributed by atoms with van der Waals surface area (Å²) in [6, 6.07) is 8.44. The SMILES string of the molecule is O=C(CSc1ccc(C(F)(F)F)cn1)NCCc1ccccc1F. The van der Waals surface area contributed by atoms with Gasteiger partial charge in [-0.05, 0) is 30.2 Å². The molecule has 1 heterocycles. The molecule has 0 bridgehead atoms. The third kappa shape index (κ3) is 5.52. The van der Waals surface area contributed by atoms with Crippen molar-refractivity contribution in [3.63, 3.8) is 0 Å². The Kier molecular flexibility index (Phi) is 6.19. The number of hydrogen-bond acceptors (Lipinski definition) is 3. The molecule has 0 atom stereocenters. The van der Waals surface area contributed by atoms with Crippen molar-refractivity contribution in [3.05, 3.63) is 59.5 Å². The van der Waals surface area contributed by atoms with Crippen LogP contribution in [0.1, 0.15) is 11.1 Å². The van der Waals surface area contributed by atoms with Crippen LogP contribution in [0.4, 0.5) is 17.6 Å². The molecule has 0 aliphatic carbocycles. The molecule has 24 heavy (non-hydrogen) atoms. The average molecular weight is 358 g/mol. The highest BCUT2D eigenvalue weighted by Crippen LogP contribution is 2.29. The zero-order valence-corrected chi connectivity index (χ0v) is 13.3. The number of halogens is 4. The number of nitrogens with zero attached hydrogens (tertiary/aromatic N) is 1. The summed E-state index contributed by atoms with van der Waals surface area (Å²) in [4.78, 5) is 15.4. The van der Waals surface area contributed by atoms with Crippen LogP contribution in [0, 0.1) is 5.82 Å². The highest BCUT2D eigenvalue weighted by Gasteiger charge is 2.30. The molecule has 1 N–H and O–H groups in total. The van der Waals surface area contributed by atoms with Crippen molar-refractivity contribution in [2.75, 3.05) is 12.3 Å². The van der Waals surface area contributed by atoms with Gasteiger partial charge in [-0.2, -0.15) is 13.2 Å². The molecular weight excluding hydrogens is 344 g/mol. The van der Waals surface area contributed by atoms with Crippen LogP contribution in [0.2, 0.25) is 0 Å². The van der Waals surface area contributed by atoms with Crippen molar-refractivity contribution in [2.45, 2.75) is 17.6 Å². The maximum atomic E-state index is 13.4. The van der Waals surface area contributed by atoms with Crippen molar-refractivity contribution < 1.29 is 22.4 Å². The quantitative estimate of drug-likeness (QED) is 0.633. The largest absolute Gasteiger partial charge is 0.417 e. The summed E-state index contributed by atoms with van der Waals surface area (Å²) in [6.07, 6.45) is -3.33. The van der Waals surface area contributed by atoms with Crippen LogP contribution in [0.15, 0.2) is 47.6 Å². The van der Waals surface area contributed by atoms with Gasteiger partial charge in [0.25, 0.3) is 0 Å². The van der Waals surface area contributed by atoms with Gasteiger partial charge in [0.15, 0.2) is 0 Å². The van der Waals surface area contributed by atoms with E-state index in [0.29, 0.717) is 17.0 Å². The van der Waals surface area contributed by atoms with Crippen LogP contribution >= 0.6 is 11.8 Å². The predicted molar refractivity (Wildman–Crippen MR) is 83.1 cm³/mol. The van der Waals surface area contributed by atoms with Crippen molar-refractivity contribution in [3.8, 4) is 0 Å². The lowest BCUT2D eigenvalue weighted by Gasteiger charge is -2.07. The van der Waals surface area contributed by atoms with E-state index >= 15 is 0 Å². The molecule has 0 spiro atoms. The Bertz CT molecular complexity index is 689. The lowest BCUT2D eigenvalue weighted by atomic mass is 10.1. The Morgan fingerprint density at radius 2 is 1.92 bits per heavy atom. The van der Waals surface area contributed by atoms with Gasteiger partial charge in [-0.25, -0.2) is 9.37 Å². The first-order valence-electron chi connectivity index (χ1n) is 7.02. The molecule has 1 aromatic carbocycles. The maximum Gasteiger partial charge on any atom is 0.417 e. The fraction of sp³-hybridized carbons (Fsp3) is 0.250. The van der Waals surface area contributed by atoms with E-state index in [1.54, 1.807) is 18.2 Å². The third-order valence-electron chi connectivity index (χ3n) is 3.09. The fourth-order valence-electron chi connectivity index (χ4n) is 1.86. The van der Waals surface area contributed by atoms with Gasteiger partial charge in [0.2, 0.25) is 5.91 Å². The molecule has 0 aliphatic heterocycles. The Morgan fingerprint density at radius 3 is 2.54 bits per heavy atom. The predicted octanol–water partition coefficient (Wildman–Crippen LogP) is 3.69. The summed E-state index contributed by atoms with van der Waals surface area (Å²) in [6.45, 7) is 0.279. The normalized spacial score (nSPS) is 11.3. The summed E-state index contributed by atoms with van der Waals surface area (Å²) in [5.74, 6) is -0.594. The minimum absolute atomic E-state index is 0.0234. The highest BCUT2D eigenvalue weighted by atomic mass is 32.2. The van der Waals surface area contributed by atoms with Crippen LogP contribution in [0.5, 0.6) is 0 Å². The first kappa shape index (κ1) is 18.3. The summed E-state index contributed by atoms with van der Waals surface area (Å²) in [7, 11) is 0. The number of alkyl halides is 3. The average Bonchev–Trinajstić information content (AvgIpc) is 2.54. The molecule has 2 aromatic rings. The number of benzene rings is 1. The van der Waals surface area contributed by atoms with Crippen LogP contribution in [0.25, 0.3) is 0 Å². The summed E-state index contributed by atoms with van der Waals surface area (Å²) in [5, 5.41) is 2.96. The lowest BCUT2D eigenvalue weighted by molar-refractivity contribution is -0.137. The van der Waals surface area contributed by atoms with Crippen molar-refractivity contribution in [1.29, 1.82) is 0 Å². The number of aromatic nitrogens is 1. The van der Waals surface area contributed by atoms with Crippen molar-refractivity contribution in [2.24, 2.45) is 0 Å². The van der Waals surface area contributed by atoms with E-state index < -0.39 is 11.7 Å². The highest BCUT2D eigenvalue weighted by molar-refractivity contribution is 7.99. The van der Waals surface area contributed by atoms with Gasteiger partial charge in [-0.15, -0.1) is 0 Å². The molecule has 0 radical (unpaired) electrons. The molecular formula is C16H14F4N2OS. The molecule has 0 unspecified atom stereocenters. The zero-order chi connectivity index (χ0) is 17.6. The maximum absolute atomic E-state index is 13.4. The number of carbonyl (C=O) groups excluding carboxylic acids is 1. The second-order valence-electron chi connectivity index (χ2n) is 4.86. The van der Waals surface area contributed by atoms with E-state index in [1.807, 2.05) is 0 Å². The zero-order valence-electron chi connectivity index (χ0n) is 12.4. The topological polar surface area (TPSA) is 42.0 Å². The minimum atomic E-state index is -4.43. The minimum Gasteiger partial charge on any atom is -0.355 e. The standard InChI is InChI=1S/C16H14F4N2OS/c17-13-4-2-1-3-11(13)7-8-21-14(23)10-24-15-6-5-12(9-22-15)16(18,19)20/h1-6,9H,7-8,10H2,(H,21,23). The van der Waals surface area contributed by atoms with E-state index in [4.69, 9.17) is 0 Å². The van der Waals surface area contributed by atoms with Gasteiger partial charge in [0, 0.05) is 12.7 Å². The molecule has 3 nitrogen and oxygen atoms in total. The molecule has 0 saturated heterocycles. The molecule has 0 saturated carbocycles. The van der Waals surface area contributed by atoms with Gasteiger partial charge >= 0.3 is 6.18 Å². The lowest BCUT2D eigenvalue weighted by Crippen LogP contribution is -2.27. The van der Waals surface area contributed by atoms with E-state index in [0.717, 1.165) is 24.0 Å². The third-order valence-corrected chi connectivity index (χ3v) is 4.03. The second kappa shape index (κ2) is 8.14. The molecule has 2 rings (SSSR count). The molecule has 1 aromatic heterocycles. The number of pyridine rings is 1. The van der Waals surface area contributed by atoms with E-state index in [-0.39, 0.29) is 24.0 Å². The fourth-order valence-corrected chi connectivity index (χ4v) is 2.53. The number of amides is 1. The summed E-state index contributed by atoms with van der Waals surface area (Å²) >= 11 is 1.03. The summed E-state index contributed by atoms with van der Waals surface area (Å²) < 4.78 is 50.6.